The highest BCUT2D eigenvalue weighted by Crippen LogP contribution is 2.35. The molecule has 0 radical (unpaired) electrons. The molecule has 0 amide bonds. The van der Waals surface area contributed by atoms with Gasteiger partial charge in [-0.1, -0.05) is 73.0 Å². The van der Waals surface area contributed by atoms with E-state index in [0.29, 0.717) is 21.9 Å². The van der Waals surface area contributed by atoms with Gasteiger partial charge in [0, 0.05) is 51.1 Å². The van der Waals surface area contributed by atoms with Crippen LogP contribution in [0.3, 0.4) is 0 Å². The fraction of sp³-hybridized carbons (Fsp3) is 0.407. The van der Waals surface area contributed by atoms with Crippen molar-refractivity contribution in [1.29, 1.82) is 0 Å². The first kappa shape index (κ1) is 43.0. The summed E-state index contributed by atoms with van der Waals surface area (Å²) < 4.78 is 5.36. The molecule has 1 aliphatic rings. The summed E-state index contributed by atoms with van der Waals surface area (Å²) in [6.45, 7) is 2.94. The number of hydrogen-bond acceptors (Lipinski definition) is 19. The lowest BCUT2D eigenvalue weighted by Crippen LogP contribution is -2.26. The first-order valence-corrected chi connectivity index (χ1v) is 19.3. The minimum Gasteiger partial charge on any atom is -0.462 e. The monoisotopic (exact) mass is 811 g/mol. The Morgan fingerprint density at radius 1 is 0.863 bits per heavy atom. The molecule has 0 saturated heterocycles. The second kappa shape index (κ2) is 23.3. The van der Waals surface area contributed by atoms with E-state index >= 15 is 0 Å². The summed E-state index contributed by atoms with van der Waals surface area (Å²) in [7, 11) is 4.91. The van der Waals surface area contributed by atoms with E-state index < -0.39 is 51.7 Å². The van der Waals surface area contributed by atoms with Crippen LogP contribution in [0.5, 0.6) is 0 Å². The third kappa shape index (κ3) is 18.0. The van der Waals surface area contributed by atoms with Crippen molar-refractivity contribution in [2.75, 3.05) is 31.3 Å². The number of rotatable bonds is 22. The number of aryl methyl sites for hydroxylation is 1. The second-order valence-electron chi connectivity index (χ2n) is 9.67. The highest BCUT2D eigenvalue weighted by atomic mass is 35.5. The van der Waals surface area contributed by atoms with E-state index in [0.717, 1.165) is 38.9 Å². The van der Waals surface area contributed by atoms with Crippen molar-refractivity contribution < 1.29 is 49.2 Å². The minimum atomic E-state index is -1.13. The quantitative estimate of drug-likeness (QED) is 0.0520. The number of aliphatic imine (C=N–C) groups is 1. The molecule has 24 heteroatoms. The highest BCUT2D eigenvalue weighted by molar-refractivity contribution is 8.77. The van der Waals surface area contributed by atoms with Crippen molar-refractivity contribution in [3.63, 3.8) is 0 Å². The van der Waals surface area contributed by atoms with Gasteiger partial charge in [-0.2, -0.15) is 0 Å². The van der Waals surface area contributed by atoms with Gasteiger partial charge in [-0.3, -0.25) is 4.99 Å². The third-order valence-electron chi connectivity index (χ3n) is 6.04. The summed E-state index contributed by atoms with van der Waals surface area (Å²) in [5.74, 6) is -0.313. The van der Waals surface area contributed by atoms with Gasteiger partial charge in [0.2, 0.25) is 0 Å². The lowest BCUT2D eigenvalue weighted by atomic mass is 10.1. The van der Waals surface area contributed by atoms with Gasteiger partial charge in [0.05, 0.1) is 12.2 Å². The number of halogens is 1. The predicted molar refractivity (Wildman–Crippen MR) is 190 cm³/mol. The van der Waals surface area contributed by atoms with E-state index in [2.05, 4.69) is 24.3 Å². The number of carbonyl (C=O) groups is 1. The number of esters is 1. The fourth-order valence-electron chi connectivity index (χ4n) is 3.59. The second-order valence-corrected chi connectivity index (χ2v) is 14.9. The van der Waals surface area contributed by atoms with Crippen molar-refractivity contribution in [2.24, 2.45) is 4.99 Å². The van der Waals surface area contributed by atoms with Crippen molar-refractivity contribution in [2.45, 2.75) is 48.7 Å². The van der Waals surface area contributed by atoms with E-state index in [-0.39, 0.29) is 18.1 Å². The van der Waals surface area contributed by atoms with Crippen molar-refractivity contribution in [1.82, 2.24) is 0 Å². The molecule has 0 aromatic heterocycles. The summed E-state index contributed by atoms with van der Waals surface area (Å²) in [5.41, 5.74) is 3.39. The zero-order valence-electron chi connectivity index (χ0n) is 26.7. The van der Waals surface area contributed by atoms with E-state index in [4.69, 9.17) is 16.3 Å². The zero-order valence-corrected chi connectivity index (χ0v) is 30.7. The van der Waals surface area contributed by atoms with Crippen molar-refractivity contribution in [3.8, 4) is 0 Å². The minimum absolute atomic E-state index is 0.0241. The molecule has 2 aromatic rings. The molecule has 0 bridgehead atoms. The average molecular weight is 812 g/mol. The van der Waals surface area contributed by atoms with Crippen LogP contribution in [0.1, 0.15) is 35.7 Å². The standard InChI is InChI=1S/C17H19N3O8S2.C10H11ClN2O6S2/c1-12-13(6-8-18-12)7-9-26-17(21)15-4-2-3-5-16(15)30-29-11-14(28-20(24)25)10-27-19(22)23;1-7-2-3-9(4-10(7)11)21-20-6-8(19-13(16)17)5-18-12(14)15/h2-5,8,14H,6-7,9-11H2,1H3;2-4,8H,5-6H2,1H3. The van der Waals surface area contributed by atoms with Crippen LogP contribution >= 0.6 is 54.8 Å². The Kier molecular flexibility index (Phi) is 19.6. The molecule has 19 nitrogen and oxygen atoms in total. The molecule has 0 saturated carbocycles. The lowest BCUT2D eigenvalue weighted by molar-refractivity contribution is -0.788. The molecule has 1 heterocycles. The number of ether oxygens (including phenoxy) is 1. The van der Waals surface area contributed by atoms with Gasteiger partial charge >= 0.3 is 5.97 Å². The Morgan fingerprint density at radius 3 is 1.98 bits per heavy atom. The molecule has 0 N–H and O–H groups in total. The van der Waals surface area contributed by atoms with Crippen LogP contribution in [0.4, 0.5) is 0 Å². The van der Waals surface area contributed by atoms with Gasteiger partial charge in [-0.15, -0.1) is 40.5 Å². The fourth-order valence-corrected chi connectivity index (χ4v) is 8.38. The van der Waals surface area contributed by atoms with Crippen LogP contribution in [0.15, 0.2) is 68.5 Å². The predicted octanol–water partition coefficient (Wildman–Crippen LogP) is 6.68. The Labute approximate surface area is 310 Å². The first-order valence-electron chi connectivity index (χ1n) is 14.2. The maximum atomic E-state index is 12.4. The SMILES string of the molecule is CC1=C(CCOC(=O)c2ccccc2SSCC(CO[N+](=O)[O-])O[N+](=O)[O-])CC=N1.Cc1ccc(SSCC(CO[N+](=O)[O-])O[N+](=O)[O-])cc1Cl. The molecule has 3 rings (SSSR count). The molecule has 1 aliphatic heterocycles. The van der Waals surface area contributed by atoms with E-state index in [1.54, 1.807) is 30.3 Å². The van der Waals surface area contributed by atoms with Crippen molar-refractivity contribution >= 4 is 67.0 Å². The third-order valence-corrected chi connectivity index (χ3v) is 11.3. The molecule has 0 aliphatic carbocycles. The molecular formula is C27H30ClN5O14S4. The summed E-state index contributed by atoms with van der Waals surface area (Å²) in [6, 6.07) is 12.3. The Balaban J connectivity index is 0.000000377. The Morgan fingerprint density at radius 2 is 1.45 bits per heavy atom. The van der Waals surface area contributed by atoms with E-state index in [1.165, 1.54) is 32.4 Å². The smallest absolute Gasteiger partial charge is 0.339 e. The van der Waals surface area contributed by atoms with E-state index in [9.17, 15) is 45.3 Å². The van der Waals surface area contributed by atoms with Gasteiger partial charge in [0.15, 0.2) is 0 Å². The van der Waals surface area contributed by atoms with Crippen LogP contribution < -0.4 is 0 Å². The van der Waals surface area contributed by atoms with Gasteiger partial charge < -0.3 is 24.1 Å². The molecule has 2 atom stereocenters. The number of benzene rings is 2. The normalized spacial score (nSPS) is 12.9. The van der Waals surface area contributed by atoms with Crippen LogP contribution in [0.25, 0.3) is 0 Å². The molecule has 278 valence electrons. The summed E-state index contributed by atoms with van der Waals surface area (Å²) in [4.78, 5) is 76.2. The Bertz CT molecular complexity index is 1590. The van der Waals surface area contributed by atoms with Crippen LogP contribution in [0, 0.1) is 47.4 Å². The van der Waals surface area contributed by atoms with Crippen molar-refractivity contribution in [3.05, 3.63) is 110 Å². The number of hydrogen-bond donors (Lipinski definition) is 0. The Hall–Kier alpha value is -4.19. The number of nitrogens with zero attached hydrogens (tertiary/aromatic N) is 5. The molecule has 0 spiro atoms. The summed E-state index contributed by atoms with van der Waals surface area (Å²) in [6.07, 6.45) is 1.04. The van der Waals surface area contributed by atoms with Crippen LogP contribution in [0.2, 0.25) is 5.02 Å². The van der Waals surface area contributed by atoms with Gasteiger partial charge in [-0.25, -0.2) is 4.79 Å². The first-order chi connectivity index (χ1) is 24.2. The molecule has 0 fully saturated rings. The highest BCUT2D eigenvalue weighted by Gasteiger charge is 2.19. The summed E-state index contributed by atoms with van der Waals surface area (Å²) in [5, 5.41) is 37.7. The number of allylic oxidation sites excluding steroid dienone is 1. The topological polar surface area (TPSA) is 248 Å². The van der Waals surface area contributed by atoms with Crippen LogP contribution in [-0.4, -0.2) is 76.1 Å². The summed E-state index contributed by atoms with van der Waals surface area (Å²) >= 11 is 5.98. The number of carbonyl (C=O) groups excluding carboxylic acids is 1. The maximum Gasteiger partial charge on any atom is 0.339 e. The average Bonchev–Trinajstić information content (AvgIpc) is 3.48. The molecular weight excluding hydrogens is 782 g/mol. The van der Waals surface area contributed by atoms with Gasteiger partial charge in [-0.05, 0) is 49.2 Å². The molecule has 2 aromatic carbocycles. The van der Waals surface area contributed by atoms with Gasteiger partial charge in [0.1, 0.15) is 25.4 Å². The molecule has 2 unspecified atom stereocenters. The van der Waals surface area contributed by atoms with Gasteiger partial charge in [0.25, 0.3) is 20.3 Å². The zero-order chi connectivity index (χ0) is 37.8. The maximum absolute atomic E-state index is 12.4. The van der Waals surface area contributed by atoms with Crippen LogP contribution in [-0.2, 0) is 24.1 Å². The molecule has 51 heavy (non-hydrogen) atoms. The largest absolute Gasteiger partial charge is 0.462 e. The lowest BCUT2D eigenvalue weighted by Gasteiger charge is -2.13. The van der Waals surface area contributed by atoms with E-state index in [1.807, 2.05) is 32.2 Å².